The monoisotopic (exact) mass is 277 g/mol. The third-order valence-electron chi connectivity index (χ3n) is 2.52. The number of rotatable bonds is 6. The molecule has 104 valence electrons. The van der Waals surface area contributed by atoms with Crippen LogP contribution in [0.15, 0.2) is 0 Å². The Hall–Kier alpha value is -0.990. The number of hydrogen-bond acceptors (Lipinski definition) is 4. The van der Waals surface area contributed by atoms with Gasteiger partial charge in [-0.3, -0.25) is 14.9 Å². The Labute approximate surface area is 107 Å². The van der Waals surface area contributed by atoms with Crippen LogP contribution in [0.2, 0.25) is 0 Å². The quantitative estimate of drug-likeness (QED) is 0.651. The van der Waals surface area contributed by atoms with Crippen molar-refractivity contribution in [3.8, 4) is 0 Å². The largest absolute Gasteiger partial charge is 0.294 e. The van der Waals surface area contributed by atoms with Gasteiger partial charge in [0.2, 0.25) is 11.8 Å². The molecule has 8 heteroatoms. The number of carbonyl (C=O) groups excluding carboxylic acids is 2. The lowest BCUT2D eigenvalue weighted by Crippen LogP contribution is -2.56. The summed E-state index contributed by atoms with van der Waals surface area (Å²) >= 11 is 0. The van der Waals surface area contributed by atoms with Crippen LogP contribution in [0.25, 0.3) is 0 Å². The zero-order chi connectivity index (χ0) is 13.8. The van der Waals surface area contributed by atoms with Crippen LogP contribution in [0.1, 0.15) is 26.7 Å². The van der Waals surface area contributed by atoms with E-state index >= 15 is 0 Å². The van der Waals surface area contributed by atoms with E-state index < -0.39 is 22.0 Å². The van der Waals surface area contributed by atoms with Crippen LogP contribution < -0.4 is 5.32 Å². The summed E-state index contributed by atoms with van der Waals surface area (Å²) in [5.74, 6) is -1.16. The second kappa shape index (κ2) is 6.26. The summed E-state index contributed by atoms with van der Waals surface area (Å²) in [6, 6.07) is 0. The molecule has 0 bridgehead atoms. The molecule has 0 atom stereocenters. The standard InChI is InChI=1S/C10H19N3O4S/c1-3-5-12(6-4-2)18(16,17)13-7-9(14)11-10(15)8-13/h3-8H2,1-2H3,(H,11,14,15). The van der Waals surface area contributed by atoms with Crippen LogP contribution in [-0.4, -0.2) is 55.0 Å². The summed E-state index contributed by atoms with van der Waals surface area (Å²) in [7, 11) is -3.73. The maximum absolute atomic E-state index is 12.3. The van der Waals surface area contributed by atoms with Gasteiger partial charge in [0, 0.05) is 13.1 Å². The number of imide groups is 1. The molecule has 1 N–H and O–H groups in total. The van der Waals surface area contributed by atoms with Crippen LogP contribution in [0.3, 0.4) is 0 Å². The van der Waals surface area contributed by atoms with Gasteiger partial charge >= 0.3 is 0 Å². The average molecular weight is 277 g/mol. The predicted octanol–water partition coefficient (Wildman–Crippen LogP) is -0.688. The predicted molar refractivity (Wildman–Crippen MR) is 65.8 cm³/mol. The van der Waals surface area contributed by atoms with Gasteiger partial charge in [-0.05, 0) is 12.8 Å². The van der Waals surface area contributed by atoms with Crippen LogP contribution >= 0.6 is 0 Å². The molecule has 0 aliphatic carbocycles. The number of nitrogens with zero attached hydrogens (tertiary/aromatic N) is 2. The van der Waals surface area contributed by atoms with Crippen molar-refractivity contribution in [3.63, 3.8) is 0 Å². The third-order valence-corrected chi connectivity index (χ3v) is 4.45. The van der Waals surface area contributed by atoms with Gasteiger partial charge in [0.15, 0.2) is 0 Å². The van der Waals surface area contributed by atoms with Gasteiger partial charge in [-0.1, -0.05) is 13.8 Å². The van der Waals surface area contributed by atoms with Crippen LogP contribution in [0.5, 0.6) is 0 Å². The Morgan fingerprint density at radius 3 is 1.94 bits per heavy atom. The van der Waals surface area contributed by atoms with E-state index in [4.69, 9.17) is 0 Å². The van der Waals surface area contributed by atoms with E-state index in [2.05, 4.69) is 5.32 Å². The Morgan fingerprint density at radius 1 is 1.11 bits per heavy atom. The van der Waals surface area contributed by atoms with Crippen LogP contribution in [0, 0.1) is 0 Å². The van der Waals surface area contributed by atoms with E-state index in [1.54, 1.807) is 0 Å². The minimum absolute atomic E-state index is 0.294. The molecule has 0 radical (unpaired) electrons. The van der Waals surface area contributed by atoms with E-state index in [1.165, 1.54) is 4.31 Å². The molecule has 1 aliphatic rings. The molecule has 0 saturated carbocycles. The van der Waals surface area contributed by atoms with Crippen molar-refractivity contribution in [2.24, 2.45) is 0 Å². The molecule has 0 aromatic rings. The molecule has 1 rings (SSSR count). The Bertz CT molecular complexity index is 399. The molecule has 1 fully saturated rings. The van der Waals surface area contributed by atoms with Crippen molar-refractivity contribution in [2.75, 3.05) is 26.2 Å². The Kier molecular flexibility index (Phi) is 5.24. The molecule has 0 aromatic carbocycles. The number of amides is 2. The molecule has 1 saturated heterocycles. The summed E-state index contributed by atoms with van der Waals surface area (Å²) in [6.07, 6.45) is 1.38. The lowest BCUT2D eigenvalue weighted by molar-refractivity contribution is -0.134. The third kappa shape index (κ3) is 3.50. The SMILES string of the molecule is CCCN(CCC)S(=O)(=O)N1CC(=O)NC(=O)C1. The lowest BCUT2D eigenvalue weighted by Gasteiger charge is -2.30. The number of piperazine rings is 1. The van der Waals surface area contributed by atoms with Gasteiger partial charge in [-0.15, -0.1) is 0 Å². The second-order valence-electron chi connectivity index (χ2n) is 4.15. The van der Waals surface area contributed by atoms with E-state index in [-0.39, 0.29) is 13.1 Å². The average Bonchev–Trinajstić information content (AvgIpc) is 2.27. The van der Waals surface area contributed by atoms with Crippen LogP contribution in [-0.2, 0) is 19.8 Å². The first-order chi connectivity index (χ1) is 8.41. The zero-order valence-electron chi connectivity index (χ0n) is 10.7. The molecule has 0 aromatic heterocycles. The molecular formula is C10H19N3O4S. The molecule has 1 heterocycles. The highest BCUT2D eigenvalue weighted by Crippen LogP contribution is 2.11. The summed E-state index contributed by atoms with van der Waals surface area (Å²) in [5, 5.41) is 2.08. The highest BCUT2D eigenvalue weighted by Gasteiger charge is 2.35. The van der Waals surface area contributed by atoms with Crippen molar-refractivity contribution in [1.29, 1.82) is 0 Å². The molecular weight excluding hydrogens is 258 g/mol. The Morgan fingerprint density at radius 2 is 1.56 bits per heavy atom. The fourth-order valence-electron chi connectivity index (χ4n) is 1.78. The maximum Gasteiger partial charge on any atom is 0.282 e. The van der Waals surface area contributed by atoms with Crippen molar-refractivity contribution in [1.82, 2.24) is 13.9 Å². The minimum Gasteiger partial charge on any atom is -0.294 e. The molecule has 0 unspecified atom stereocenters. The van der Waals surface area contributed by atoms with E-state index in [0.29, 0.717) is 25.9 Å². The van der Waals surface area contributed by atoms with Gasteiger partial charge in [-0.25, -0.2) is 0 Å². The van der Waals surface area contributed by atoms with Gasteiger partial charge in [0.05, 0.1) is 13.1 Å². The first-order valence-electron chi connectivity index (χ1n) is 5.99. The summed E-state index contributed by atoms with van der Waals surface area (Å²) in [6.45, 7) is 3.96. The van der Waals surface area contributed by atoms with Crippen molar-refractivity contribution < 1.29 is 18.0 Å². The molecule has 7 nitrogen and oxygen atoms in total. The maximum atomic E-state index is 12.3. The minimum atomic E-state index is -3.73. The molecule has 1 aliphatic heterocycles. The van der Waals surface area contributed by atoms with Crippen molar-refractivity contribution in [2.45, 2.75) is 26.7 Å². The normalized spacial score (nSPS) is 18.2. The molecule has 18 heavy (non-hydrogen) atoms. The summed E-state index contributed by atoms with van der Waals surface area (Å²) in [5.41, 5.74) is 0. The highest BCUT2D eigenvalue weighted by atomic mass is 32.2. The fourth-order valence-corrected chi connectivity index (χ4v) is 3.49. The van der Waals surface area contributed by atoms with Crippen molar-refractivity contribution in [3.05, 3.63) is 0 Å². The topological polar surface area (TPSA) is 86.8 Å². The van der Waals surface area contributed by atoms with E-state index in [0.717, 1.165) is 4.31 Å². The lowest BCUT2D eigenvalue weighted by atomic mass is 10.4. The number of nitrogens with one attached hydrogen (secondary N) is 1. The summed E-state index contributed by atoms with van der Waals surface area (Å²) < 4.78 is 26.8. The molecule has 0 spiro atoms. The second-order valence-corrected chi connectivity index (χ2v) is 6.07. The number of carbonyl (C=O) groups is 2. The van der Waals surface area contributed by atoms with E-state index in [9.17, 15) is 18.0 Å². The first-order valence-corrected chi connectivity index (χ1v) is 7.39. The van der Waals surface area contributed by atoms with Gasteiger partial charge in [0.1, 0.15) is 0 Å². The number of hydrogen-bond donors (Lipinski definition) is 1. The van der Waals surface area contributed by atoms with Crippen molar-refractivity contribution >= 4 is 22.0 Å². The van der Waals surface area contributed by atoms with E-state index in [1.807, 2.05) is 13.8 Å². The van der Waals surface area contributed by atoms with Gasteiger partial charge in [-0.2, -0.15) is 17.0 Å². The highest BCUT2D eigenvalue weighted by molar-refractivity contribution is 7.86. The zero-order valence-corrected chi connectivity index (χ0v) is 11.5. The van der Waals surface area contributed by atoms with Gasteiger partial charge in [0.25, 0.3) is 10.2 Å². The fraction of sp³-hybridized carbons (Fsp3) is 0.800. The molecule has 2 amide bonds. The van der Waals surface area contributed by atoms with Gasteiger partial charge < -0.3 is 0 Å². The summed E-state index contributed by atoms with van der Waals surface area (Å²) in [4.78, 5) is 22.4. The van der Waals surface area contributed by atoms with Crippen LogP contribution in [0.4, 0.5) is 0 Å². The first kappa shape index (κ1) is 15.1. The smallest absolute Gasteiger partial charge is 0.282 e. The Balaban J connectivity index is 2.88.